The lowest BCUT2D eigenvalue weighted by atomic mass is 9.95. The molecular weight excluding hydrogens is 514 g/mol. The van der Waals surface area contributed by atoms with Gasteiger partial charge in [0.2, 0.25) is 15.9 Å². The van der Waals surface area contributed by atoms with Crippen LogP contribution in [0.4, 0.5) is 0 Å². The standard InChI is InChI=1S/C30H33N3O3S2/c1-23-17-18-27(37-23)21-32(20-24-10-4-2-5-11-24)29(34)22-33(26-14-6-3-7-15-26)38(35,36)28-16-8-12-25-13-9-19-31-30(25)28/h2,4-5,8-13,16-19,26H,3,6-7,14-15,20-22H2,1H3. The first-order valence-corrected chi connectivity index (χ1v) is 15.4. The number of carbonyl (C=O) groups excluding carboxylic acids is 1. The van der Waals surface area contributed by atoms with Gasteiger partial charge >= 0.3 is 0 Å². The van der Waals surface area contributed by atoms with E-state index >= 15 is 0 Å². The van der Waals surface area contributed by atoms with Crippen molar-refractivity contribution >= 4 is 38.2 Å². The van der Waals surface area contributed by atoms with Crippen LogP contribution in [-0.4, -0.2) is 41.1 Å². The zero-order valence-electron chi connectivity index (χ0n) is 21.6. The minimum Gasteiger partial charge on any atom is -0.332 e. The number of pyridine rings is 1. The highest BCUT2D eigenvalue weighted by Gasteiger charge is 2.36. The Balaban J connectivity index is 1.49. The average Bonchev–Trinajstić information content (AvgIpc) is 3.36. The Bertz CT molecular complexity index is 1490. The SMILES string of the molecule is Cc1ccc(CN(Cc2ccccc2)C(=O)CN(C2CCCCC2)S(=O)(=O)c2cccc3cccnc23)s1. The smallest absolute Gasteiger partial charge is 0.245 e. The van der Waals surface area contributed by atoms with E-state index in [1.54, 1.807) is 40.6 Å². The molecule has 2 aromatic heterocycles. The molecule has 4 aromatic rings. The molecule has 1 aliphatic rings. The summed E-state index contributed by atoms with van der Waals surface area (Å²) in [6.07, 6.45) is 6.14. The molecule has 1 fully saturated rings. The van der Waals surface area contributed by atoms with E-state index < -0.39 is 10.0 Å². The molecule has 5 rings (SSSR count). The van der Waals surface area contributed by atoms with Crippen molar-refractivity contribution in [2.75, 3.05) is 6.54 Å². The van der Waals surface area contributed by atoms with Gasteiger partial charge in [-0.25, -0.2) is 8.42 Å². The Morgan fingerprint density at radius 3 is 2.42 bits per heavy atom. The number of benzene rings is 2. The lowest BCUT2D eigenvalue weighted by molar-refractivity contribution is -0.133. The fraction of sp³-hybridized carbons (Fsp3) is 0.333. The number of aryl methyl sites for hydroxylation is 1. The Kier molecular flexibility index (Phi) is 8.21. The maximum Gasteiger partial charge on any atom is 0.245 e. The summed E-state index contributed by atoms with van der Waals surface area (Å²) in [5, 5.41) is 0.766. The Morgan fingerprint density at radius 2 is 1.68 bits per heavy atom. The zero-order chi connectivity index (χ0) is 26.5. The molecular formula is C30H33N3O3S2. The average molecular weight is 548 g/mol. The molecule has 198 valence electrons. The molecule has 8 heteroatoms. The minimum atomic E-state index is -3.97. The Hall–Kier alpha value is -3.07. The Morgan fingerprint density at radius 1 is 0.921 bits per heavy atom. The molecule has 0 radical (unpaired) electrons. The van der Waals surface area contributed by atoms with Crippen LogP contribution in [-0.2, 0) is 27.9 Å². The summed E-state index contributed by atoms with van der Waals surface area (Å²) in [6.45, 7) is 2.73. The number of para-hydroxylation sites is 1. The first-order chi connectivity index (χ1) is 18.4. The largest absolute Gasteiger partial charge is 0.332 e. The van der Waals surface area contributed by atoms with Crippen molar-refractivity contribution in [1.82, 2.24) is 14.2 Å². The molecule has 2 aromatic carbocycles. The number of hydrogen-bond donors (Lipinski definition) is 0. The van der Waals surface area contributed by atoms with Gasteiger partial charge in [-0.2, -0.15) is 4.31 Å². The fourth-order valence-electron chi connectivity index (χ4n) is 5.22. The molecule has 1 amide bonds. The van der Waals surface area contributed by atoms with Gasteiger partial charge < -0.3 is 4.90 Å². The normalized spacial score (nSPS) is 14.7. The third-order valence-electron chi connectivity index (χ3n) is 7.17. The summed E-state index contributed by atoms with van der Waals surface area (Å²) in [7, 11) is -3.97. The lowest BCUT2D eigenvalue weighted by Gasteiger charge is -2.34. The van der Waals surface area contributed by atoms with Gasteiger partial charge in [-0.15, -0.1) is 11.3 Å². The maximum absolute atomic E-state index is 14.2. The highest BCUT2D eigenvalue weighted by molar-refractivity contribution is 7.89. The number of carbonyl (C=O) groups is 1. The highest BCUT2D eigenvalue weighted by Crippen LogP contribution is 2.31. The topological polar surface area (TPSA) is 70.6 Å². The van der Waals surface area contributed by atoms with Gasteiger partial charge in [0.15, 0.2) is 0 Å². The summed E-state index contributed by atoms with van der Waals surface area (Å²) in [5.74, 6) is -0.192. The molecule has 6 nitrogen and oxygen atoms in total. The predicted molar refractivity (Wildman–Crippen MR) is 152 cm³/mol. The van der Waals surface area contributed by atoms with E-state index in [0.717, 1.165) is 47.9 Å². The minimum absolute atomic E-state index is 0.164. The predicted octanol–water partition coefficient (Wildman–Crippen LogP) is 6.16. The van der Waals surface area contributed by atoms with Crippen LogP contribution in [0.3, 0.4) is 0 Å². The van der Waals surface area contributed by atoms with Crippen molar-refractivity contribution in [3.8, 4) is 0 Å². The molecule has 0 N–H and O–H groups in total. The third-order valence-corrected chi connectivity index (χ3v) is 10.1. The van der Waals surface area contributed by atoms with E-state index in [0.29, 0.717) is 18.6 Å². The van der Waals surface area contributed by atoms with E-state index in [9.17, 15) is 13.2 Å². The zero-order valence-corrected chi connectivity index (χ0v) is 23.3. The number of hydrogen-bond acceptors (Lipinski definition) is 5. The van der Waals surface area contributed by atoms with Crippen LogP contribution < -0.4 is 0 Å². The number of sulfonamides is 1. The van der Waals surface area contributed by atoms with Gasteiger partial charge in [-0.1, -0.05) is 67.8 Å². The van der Waals surface area contributed by atoms with E-state index in [4.69, 9.17) is 0 Å². The van der Waals surface area contributed by atoms with Gasteiger partial charge in [-0.3, -0.25) is 9.78 Å². The van der Waals surface area contributed by atoms with E-state index in [1.807, 2.05) is 55.5 Å². The van der Waals surface area contributed by atoms with Crippen molar-refractivity contribution < 1.29 is 13.2 Å². The summed E-state index contributed by atoms with van der Waals surface area (Å²) in [5.41, 5.74) is 1.46. The number of fused-ring (bicyclic) bond motifs is 1. The fourth-order valence-corrected chi connectivity index (χ4v) is 7.93. The molecule has 0 bridgehead atoms. The molecule has 0 saturated heterocycles. The van der Waals surface area contributed by atoms with E-state index in [2.05, 4.69) is 11.1 Å². The molecule has 0 aliphatic heterocycles. The molecule has 2 heterocycles. The van der Waals surface area contributed by atoms with Crippen LogP contribution in [0.5, 0.6) is 0 Å². The second-order valence-corrected chi connectivity index (χ2v) is 13.2. The first kappa shape index (κ1) is 26.5. The van der Waals surface area contributed by atoms with Crippen LogP contribution in [0.15, 0.2) is 83.9 Å². The van der Waals surface area contributed by atoms with Gasteiger partial charge in [0.05, 0.1) is 18.6 Å². The molecule has 1 saturated carbocycles. The van der Waals surface area contributed by atoms with Crippen molar-refractivity contribution in [2.45, 2.75) is 63.1 Å². The monoisotopic (exact) mass is 547 g/mol. The van der Waals surface area contributed by atoms with Gasteiger partial charge in [0.1, 0.15) is 4.90 Å². The second-order valence-electron chi connectivity index (χ2n) is 9.92. The molecule has 0 spiro atoms. The van der Waals surface area contributed by atoms with Gasteiger partial charge in [0.25, 0.3) is 0 Å². The van der Waals surface area contributed by atoms with E-state index in [-0.39, 0.29) is 23.4 Å². The van der Waals surface area contributed by atoms with Crippen LogP contribution >= 0.6 is 11.3 Å². The number of aromatic nitrogens is 1. The number of amides is 1. The van der Waals surface area contributed by atoms with Crippen LogP contribution in [0.2, 0.25) is 0 Å². The molecule has 0 unspecified atom stereocenters. The summed E-state index contributed by atoms with van der Waals surface area (Å²) < 4.78 is 29.9. The van der Waals surface area contributed by atoms with Crippen LogP contribution in [0.25, 0.3) is 10.9 Å². The number of nitrogens with zero attached hydrogens (tertiary/aromatic N) is 3. The Labute approximate surface area is 229 Å². The van der Waals surface area contributed by atoms with Crippen molar-refractivity contribution in [2.24, 2.45) is 0 Å². The molecule has 1 aliphatic carbocycles. The molecule has 0 atom stereocenters. The van der Waals surface area contributed by atoms with Gasteiger partial charge in [-0.05, 0) is 49.6 Å². The second kappa shape index (κ2) is 11.8. The van der Waals surface area contributed by atoms with Crippen molar-refractivity contribution in [1.29, 1.82) is 0 Å². The number of rotatable bonds is 9. The van der Waals surface area contributed by atoms with Crippen LogP contribution in [0.1, 0.15) is 47.4 Å². The lowest BCUT2D eigenvalue weighted by Crippen LogP contribution is -2.47. The highest BCUT2D eigenvalue weighted by atomic mass is 32.2. The van der Waals surface area contributed by atoms with Crippen LogP contribution in [0, 0.1) is 6.92 Å². The van der Waals surface area contributed by atoms with E-state index in [1.165, 1.54) is 9.18 Å². The first-order valence-electron chi connectivity index (χ1n) is 13.1. The summed E-state index contributed by atoms with van der Waals surface area (Å²) >= 11 is 1.66. The quantitative estimate of drug-likeness (QED) is 0.252. The summed E-state index contributed by atoms with van der Waals surface area (Å²) in [4.78, 5) is 22.6. The van der Waals surface area contributed by atoms with Gasteiger partial charge in [0, 0.05) is 33.9 Å². The maximum atomic E-state index is 14.2. The van der Waals surface area contributed by atoms with Crippen molar-refractivity contribution in [3.05, 3.63) is 94.3 Å². The third kappa shape index (κ3) is 5.98. The van der Waals surface area contributed by atoms with Crippen molar-refractivity contribution in [3.63, 3.8) is 0 Å². The number of thiophene rings is 1. The molecule has 38 heavy (non-hydrogen) atoms. The summed E-state index contributed by atoms with van der Waals surface area (Å²) in [6, 6.07) is 22.6.